The Morgan fingerprint density at radius 3 is 2.33 bits per heavy atom. The first-order valence-corrected chi connectivity index (χ1v) is 6.41. The third-order valence-corrected chi connectivity index (χ3v) is 4.04. The molecule has 0 radical (unpaired) electrons. The predicted molar refractivity (Wildman–Crippen MR) is 73.6 cm³/mol. The first-order valence-electron chi connectivity index (χ1n) is 6.41. The fourth-order valence-corrected chi connectivity index (χ4v) is 3.16. The van der Waals surface area contributed by atoms with E-state index in [4.69, 9.17) is 0 Å². The van der Waals surface area contributed by atoms with Gasteiger partial charge in [-0.15, -0.1) is 0 Å². The van der Waals surface area contributed by atoms with Gasteiger partial charge in [0.15, 0.2) is 0 Å². The zero-order chi connectivity index (χ0) is 11.8. The van der Waals surface area contributed by atoms with Crippen molar-refractivity contribution in [3.8, 4) is 0 Å². The number of hydrogen-bond acceptors (Lipinski definition) is 0. The van der Waals surface area contributed by atoms with E-state index < -0.39 is 0 Å². The minimum Gasteiger partial charge on any atom is -1.00 e. The molecule has 1 atom stereocenters. The van der Waals surface area contributed by atoms with Crippen LogP contribution in [0.5, 0.6) is 0 Å². The van der Waals surface area contributed by atoms with Crippen LogP contribution in [0.2, 0.25) is 0 Å². The Morgan fingerprint density at radius 2 is 1.61 bits per heavy atom. The van der Waals surface area contributed by atoms with Crippen LogP contribution in [0, 0.1) is 13.8 Å². The fourth-order valence-electron chi connectivity index (χ4n) is 3.16. The largest absolute Gasteiger partial charge is 1.00 e. The van der Waals surface area contributed by atoms with Crippen molar-refractivity contribution in [2.24, 2.45) is 0 Å². The molecule has 0 N–H and O–H groups in total. The third-order valence-electron chi connectivity index (χ3n) is 4.04. The van der Waals surface area contributed by atoms with Gasteiger partial charge in [0.1, 0.15) is 0 Å². The SMILES string of the molecule is Cc1ccc(C)c2c1CCC2c1ccccc1.[H-].[Li+]. The summed E-state index contributed by atoms with van der Waals surface area (Å²) in [6.07, 6.45) is 2.51. The molecule has 3 rings (SSSR count). The Labute approximate surface area is 123 Å². The van der Waals surface area contributed by atoms with Crippen molar-refractivity contribution in [2.45, 2.75) is 32.6 Å². The zero-order valence-corrected chi connectivity index (χ0v) is 11.5. The van der Waals surface area contributed by atoms with E-state index in [0.29, 0.717) is 5.92 Å². The van der Waals surface area contributed by atoms with Gasteiger partial charge < -0.3 is 1.43 Å². The Kier molecular flexibility index (Phi) is 4.00. The monoisotopic (exact) mass is 230 g/mol. The zero-order valence-electron chi connectivity index (χ0n) is 12.5. The van der Waals surface area contributed by atoms with Gasteiger partial charge in [-0.2, -0.15) is 0 Å². The van der Waals surface area contributed by atoms with E-state index in [0.717, 1.165) is 0 Å². The maximum Gasteiger partial charge on any atom is 1.00 e. The van der Waals surface area contributed by atoms with Crippen LogP contribution >= 0.6 is 0 Å². The van der Waals surface area contributed by atoms with Crippen LogP contribution in [0.1, 0.15) is 41.6 Å². The normalized spacial score (nSPS) is 17.1. The summed E-state index contributed by atoms with van der Waals surface area (Å²) in [5, 5.41) is 0. The minimum absolute atomic E-state index is 0. The quantitative estimate of drug-likeness (QED) is 0.651. The van der Waals surface area contributed by atoms with E-state index in [1.54, 1.807) is 11.1 Å². The average Bonchev–Trinajstić information content (AvgIpc) is 2.81. The van der Waals surface area contributed by atoms with Crippen LogP contribution in [0.3, 0.4) is 0 Å². The van der Waals surface area contributed by atoms with E-state index in [1.807, 2.05) is 0 Å². The number of rotatable bonds is 1. The molecule has 0 bridgehead atoms. The molecule has 18 heavy (non-hydrogen) atoms. The second-order valence-corrected chi connectivity index (χ2v) is 5.09. The molecule has 1 heteroatoms. The Morgan fingerprint density at radius 1 is 0.944 bits per heavy atom. The van der Waals surface area contributed by atoms with E-state index in [1.165, 1.54) is 29.5 Å². The molecule has 1 aliphatic carbocycles. The summed E-state index contributed by atoms with van der Waals surface area (Å²) in [5.41, 5.74) is 7.58. The topological polar surface area (TPSA) is 0 Å². The third kappa shape index (κ3) is 2.16. The Hall–Kier alpha value is -0.963. The Balaban J connectivity index is 0.000000902. The molecule has 0 spiro atoms. The summed E-state index contributed by atoms with van der Waals surface area (Å²) >= 11 is 0. The molecule has 0 amide bonds. The standard InChI is InChI=1S/C17H18.Li.H/c1-12-8-9-13(2)17-15(12)10-11-16(17)14-6-4-3-5-7-14;;/h3-9,16H,10-11H2,1-2H3;;/q;+1;-1. The minimum atomic E-state index is 0. The average molecular weight is 230 g/mol. The molecule has 1 unspecified atom stereocenters. The van der Waals surface area contributed by atoms with Gasteiger partial charge in [-0.25, -0.2) is 0 Å². The summed E-state index contributed by atoms with van der Waals surface area (Å²) < 4.78 is 0. The molecule has 2 aromatic rings. The summed E-state index contributed by atoms with van der Waals surface area (Å²) in [7, 11) is 0. The molecular formula is C17H19Li. The van der Waals surface area contributed by atoms with Gasteiger partial charge in [0.25, 0.3) is 0 Å². The van der Waals surface area contributed by atoms with Crippen molar-refractivity contribution < 1.29 is 20.3 Å². The maximum atomic E-state index is 2.27. The van der Waals surface area contributed by atoms with Gasteiger partial charge in [-0.05, 0) is 54.5 Å². The second kappa shape index (κ2) is 5.35. The smallest absolute Gasteiger partial charge is 1.00 e. The van der Waals surface area contributed by atoms with Crippen molar-refractivity contribution in [3.05, 3.63) is 70.3 Å². The molecule has 0 aromatic heterocycles. The van der Waals surface area contributed by atoms with Crippen LogP contribution < -0.4 is 18.9 Å². The van der Waals surface area contributed by atoms with Crippen molar-refractivity contribution in [2.75, 3.05) is 0 Å². The molecule has 1 aliphatic rings. The summed E-state index contributed by atoms with van der Waals surface area (Å²) in [5.74, 6) is 0.617. The van der Waals surface area contributed by atoms with Gasteiger partial charge in [0.2, 0.25) is 0 Å². The summed E-state index contributed by atoms with van der Waals surface area (Å²) in [6, 6.07) is 15.5. The molecule has 0 fully saturated rings. The number of hydrogen-bond donors (Lipinski definition) is 0. The fraction of sp³-hybridized carbons (Fsp3) is 0.294. The molecule has 0 heterocycles. The van der Waals surface area contributed by atoms with Crippen LogP contribution in [0.25, 0.3) is 0 Å². The van der Waals surface area contributed by atoms with E-state index in [-0.39, 0.29) is 20.3 Å². The van der Waals surface area contributed by atoms with Crippen LogP contribution in [-0.4, -0.2) is 0 Å². The van der Waals surface area contributed by atoms with Crippen LogP contribution in [0.4, 0.5) is 0 Å². The van der Waals surface area contributed by atoms with E-state index in [9.17, 15) is 0 Å². The summed E-state index contributed by atoms with van der Waals surface area (Å²) in [4.78, 5) is 0. The molecule has 2 aromatic carbocycles. The first-order chi connectivity index (χ1) is 8.27. The van der Waals surface area contributed by atoms with Crippen LogP contribution in [-0.2, 0) is 6.42 Å². The van der Waals surface area contributed by atoms with Crippen LogP contribution in [0.15, 0.2) is 42.5 Å². The van der Waals surface area contributed by atoms with E-state index in [2.05, 4.69) is 56.3 Å². The molecule has 0 nitrogen and oxygen atoms in total. The predicted octanol–water partition coefficient (Wildman–Crippen LogP) is 1.50. The van der Waals surface area contributed by atoms with E-state index >= 15 is 0 Å². The van der Waals surface area contributed by atoms with Gasteiger partial charge in [0, 0.05) is 5.92 Å². The van der Waals surface area contributed by atoms with Crippen molar-refractivity contribution in [3.63, 3.8) is 0 Å². The van der Waals surface area contributed by atoms with Gasteiger partial charge in [0.05, 0.1) is 0 Å². The molecule has 0 aliphatic heterocycles. The number of aryl methyl sites for hydroxylation is 2. The van der Waals surface area contributed by atoms with Crippen molar-refractivity contribution in [1.29, 1.82) is 0 Å². The second-order valence-electron chi connectivity index (χ2n) is 5.09. The molecular weight excluding hydrogens is 211 g/mol. The Bertz CT molecular complexity index is 549. The molecule has 88 valence electrons. The van der Waals surface area contributed by atoms with Gasteiger partial charge in [-0.3, -0.25) is 0 Å². The molecule has 0 saturated carbocycles. The van der Waals surface area contributed by atoms with Crippen molar-refractivity contribution in [1.82, 2.24) is 0 Å². The molecule has 0 saturated heterocycles. The first kappa shape index (κ1) is 13.5. The van der Waals surface area contributed by atoms with Gasteiger partial charge >= 0.3 is 18.9 Å². The van der Waals surface area contributed by atoms with Gasteiger partial charge in [-0.1, -0.05) is 42.5 Å². The maximum absolute atomic E-state index is 2.27. The summed E-state index contributed by atoms with van der Waals surface area (Å²) in [6.45, 7) is 4.49. The number of fused-ring (bicyclic) bond motifs is 1. The number of benzene rings is 2. The van der Waals surface area contributed by atoms with Crippen molar-refractivity contribution >= 4 is 0 Å².